The molecule has 43 heavy (non-hydrogen) atoms. The number of carbonyl (C=O) groups is 2. The molecule has 4 heterocycles. The van der Waals surface area contributed by atoms with E-state index in [-0.39, 0.29) is 45.9 Å². The molecule has 1 aromatic carbocycles. The van der Waals surface area contributed by atoms with Gasteiger partial charge in [-0.3, -0.25) is 19.0 Å². The quantitative estimate of drug-likeness (QED) is 0.271. The summed E-state index contributed by atoms with van der Waals surface area (Å²) in [6.45, 7) is 0.960. The zero-order valence-corrected chi connectivity index (χ0v) is 23.7. The van der Waals surface area contributed by atoms with Crippen LogP contribution in [0.25, 0.3) is 16.9 Å². The van der Waals surface area contributed by atoms with Crippen LogP contribution in [0.4, 0.5) is 30.4 Å². The van der Waals surface area contributed by atoms with Gasteiger partial charge in [-0.05, 0) is 49.4 Å². The minimum atomic E-state index is -4.49. The second-order valence-electron chi connectivity index (χ2n) is 10.8. The second kappa shape index (κ2) is 9.96. The molecule has 4 aromatic rings. The Kier molecular flexibility index (Phi) is 6.59. The lowest BCUT2D eigenvalue weighted by Crippen LogP contribution is -2.34. The van der Waals surface area contributed by atoms with Gasteiger partial charge in [0.05, 0.1) is 35.1 Å². The predicted molar refractivity (Wildman–Crippen MR) is 150 cm³/mol. The maximum Gasteiger partial charge on any atom is 0.408 e. The third-order valence-corrected chi connectivity index (χ3v) is 7.98. The second-order valence-corrected chi connectivity index (χ2v) is 12.5. The first-order valence-electron chi connectivity index (χ1n) is 13.2. The number of rotatable bonds is 8. The molecular formula is C26H26F3N9O4S. The Bertz CT molecular complexity index is 1900. The number of amides is 2. The molecule has 226 valence electrons. The van der Waals surface area contributed by atoms with Crippen LogP contribution in [-0.4, -0.2) is 68.0 Å². The molecule has 0 unspecified atom stereocenters. The van der Waals surface area contributed by atoms with Crippen LogP contribution in [0.15, 0.2) is 36.8 Å². The van der Waals surface area contributed by atoms with E-state index in [0.29, 0.717) is 34.0 Å². The number of halogens is 3. The Morgan fingerprint density at radius 1 is 1.26 bits per heavy atom. The summed E-state index contributed by atoms with van der Waals surface area (Å²) in [6, 6.07) is 4.86. The lowest BCUT2D eigenvalue weighted by molar-refractivity contribution is -0.142. The van der Waals surface area contributed by atoms with E-state index in [9.17, 15) is 31.2 Å². The molecule has 1 aliphatic heterocycles. The fourth-order valence-electron chi connectivity index (χ4n) is 5.29. The topological polar surface area (TPSA) is 170 Å². The van der Waals surface area contributed by atoms with Crippen LogP contribution in [0, 0.1) is 5.92 Å². The molecule has 0 bridgehead atoms. The highest BCUT2D eigenvalue weighted by molar-refractivity contribution is 7.92. The summed E-state index contributed by atoms with van der Waals surface area (Å²) < 4.78 is 66.9. The third-order valence-electron chi connectivity index (χ3n) is 7.39. The number of fused-ring (bicyclic) bond motifs is 2. The molecule has 1 aliphatic carbocycles. The van der Waals surface area contributed by atoms with E-state index in [2.05, 4.69) is 25.2 Å². The summed E-state index contributed by atoms with van der Waals surface area (Å²) in [7, 11) is -3.74. The van der Waals surface area contributed by atoms with Gasteiger partial charge >= 0.3 is 6.18 Å². The number of nitrogens with one attached hydrogen (secondary N) is 2. The van der Waals surface area contributed by atoms with Gasteiger partial charge in [-0.25, -0.2) is 17.9 Å². The van der Waals surface area contributed by atoms with Gasteiger partial charge in [-0.1, -0.05) is 0 Å². The van der Waals surface area contributed by atoms with E-state index in [1.807, 2.05) is 6.92 Å². The van der Waals surface area contributed by atoms with Gasteiger partial charge in [-0.2, -0.15) is 18.3 Å². The molecule has 1 fully saturated rings. The molecule has 17 heteroatoms. The van der Waals surface area contributed by atoms with Crippen molar-refractivity contribution in [2.45, 2.75) is 45.1 Å². The van der Waals surface area contributed by atoms with Crippen LogP contribution in [-0.2, 0) is 23.1 Å². The average Bonchev–Trinajstić information content (AvgIpc) is 3.45. The van der Waals surface area contributed by atoms with Crippen molar-refractivity contribution in [3.63, 3.8) is 0 Å². The number of nitrogens with zero attached hydrogens (tertiary/aromatic N) is 6. The molecular weight excluding hydrogens is 591 g/mol. The van der Waals surface area contributed by atoms with Crippen LogP contribution in [0.5, 0.6) is 0 Å². The van der Waals surface area contributed by atoms with Crippen LogP contribution < -0.4 is 15.8 Å². The number of sulfonamides is 1. The maximum absolute atomic E-state index is 13.4. The molecule has 0 radical (unpaired) electrons. The van der Waals surface area contributed by atoms with Crippen molar-refractivity contribution in [3.05, 3.63) is 53.5 Å². The number of anilines is 3. The van der Waals surface area contributed by atoms with Crippen LogP contribution >= 0.6 is 0 Å². The average molecular weight is 618 g/mol. The zero-order valence-electron chi connectivity index (χ0n) is 22.9. The largest absolute Gasteiger partial charge is 0.408 e. The van der Waals surface area contributed by atoms with E-state index < -0.39 is 28.7 Å². The van der Waals surface area contributed by atoms with E-state index in [0.717, 1.165) is 31.5 Å². The Hall–Kier alpha value is -4.67. The van der Waals surface area contributed by atoms with Crippen LogP contribution in [0.3, 0.4) is 0 Å². The van der Waals surface area contributed by atoms with Crippen molar-refractivity contribution in [3.8, 4) is 11.3 Å². The first kappa shape index (κ1) is 28.4. The van der Waals surface area contributed by atoms with Gasteiger partial charge in [0.15, 0.2) is 11.5 Å². The summed E-state index contributed by atoms with van der Waals surface area (Å²) in [5, 5.41) is 10.2. The Labute approximate surface area is 242 Å². The highest BCUT2D eigenvalue weighted by Crippen LogP contribution is 2.41. The van der Waals surface area contributed by atoms with Gasteiger partial charge in [0, 0.05) is 30.5 Å². The normalized spacial score (nSPS) is 16.0. The number of nitrogens with two attached hydrogens (primary N) is 1. The number of carbonyl (C=O) groups excluding carboxylic acids is 2. The lowest BCUT2D eigenvalue weighted by Gasteiger charge is -2.24. The van der Waals surface area contributed by atoms with E-state index in [1.54, 1.807) is 17.0 Å². The van der Waals surface area contributed by atoms with Crippen molar-refractivity contribution >= 4 is 44.7 Å². The highest BCUT2D eigenvalue weighted by atomic mass is 32.2. The van der Waals surface area contributed by atoms with Crippen molar-refractivity contribution in [2.75, 3.05) is 22.0 Å². The number of benzene rings is 1. The van der Waals surface area contributed by atoms with Gasteiger partial charge in [0.1, 0.15) is 12.1 Å². The zero-order chi connectivity index (χ0) is 30.8. The van der Waals surface area contributed by atoms with Gasteiger partial charge in [0.2, 0.25) is 10.0 Å². The molecule has 3 aromatic heterocycles. The number of alkyl halides is 3. The maximum atomic E-state index is 13.4. The fourth-order valence-corrected chi connectivity index (χ4v) is 5.85. The standard InChI is InChI=1S/C26H26F3N9O4S/c1-13(14-3-4-14)37-10-16-7-15(8-19(20(16)25(37)40)35-43(2,41)42)18-5-6-38-23(33-18)21(22(30)34-38)24(39)32-17-9-31-36(11-17)12-26(27,28)29/h5-9,11,13-14,35H,3-4,10,12H2,1-2H3,(H2,30,34)(H,32,39)/t13-/m0/s1. The molecule has 13 nitrogen and oxygen atoms in total. The summed E-state index contributed by atoms with van der Waals surface area (Å²) in [5.74, 6) is -0.790. The molecule has 2 amide bonds. The Balaban J connectivity index is 1.36. The third kappa shape index (κ3) is 5.71. The number of aromatic nitrogens is 5. The summed E-state index contributed by atoms with van der Waals surface area (Å²) in [5.41, 5.74) is 7.79. The first-order valence-corrected chi connectivity index (χ1v) is 15.1. The summed E-state index contributed by atoms with van der Waals surface area (Å²) >= 11 is 0. The van der Waals surface area contributed by atoms with Crippen LogP contribution in [0.1, 0.15) is 46.0 Å². The smallest absolute Gasteiger partial charge is 0.381 e. The molecule has 0 spiro atoms. The Morgan fingerprint density at radius 3 is 2.67 bits per heavy atom. The molecule has 4 N–H and O–H groups in total. The highest BCUT2D eigenvalue weighted by Gasteiger charge is 2.40. The van der Waals surface area contributed by atoms with Gasteiger partial charge in [-0.15, -0.1) is 5.10 Å². The monoisotopic (exact) mass is 617 g/mol. The van der Waals surface area contributed by atoms with E-state index >= 15 is 0 Å². The molecule has 6 rings (SSSR count). The summed E-state index contributed by atoms with van der Waals surface area (Å²) in [6.07, 6.45) is 2.18. The van der Waals surface area contributed by atoms with E-state index in [4.69, 9.17) is 5.73 Å². The number of hydrogen-bond donors (Lipinski definition) is 3. The minimum Gasteiger partial charge on any atom is -0.381 e. The number of nitrogen functional groups attached to an aromatic ring is 1. The Morgan fingerprint density at radius 2 is 2.00 bits per heavy atom. The van der Waals surface area contributed by atoms with Gasteiger partial charge in [0.25, 0.3) is 11.8 Å². The van der Waals surface area contributed by atoms with Gasteiger partial charge < -0.3 is 16.0 Å². The van der Waals surface area contributed by atoms with Crippen molar-refractivity contribution in [1.29, 1.82) is 0 Å². The predicted octanol–water partition coefficient (Wildman–Crippen LogP) is 3.12. The van der Waals surface area contributed by atoms with Crippen molar-refractivity contribution in [2.24, 2.45) is 5.92 Å². The summed E-state index contributed by atoms with van der Waals surface area (Å²) in [4.78, 5) is 32.8. The molecule has 0 saturated heterocycles. The van der Waals surface area contributed by atoms with E-state index in [1.165, 1.54) is 16.8 Å². The molecule has 1 atom stereocenters. The SMILES string of the molecule is C[C@@H](C1CC1)N1Cc2cc(-c3ccn4nc(N)c(C(=O)Nc5cnn(CC(F)(F)F)c5)c4n3)cc(NS(C)(=O)=O)c2C1=O. The molecule has 2 aliphatic rings. The fraction of sp³-hybridized carbons (Fsp3) is 0.346. The first-order chi connectivity index (χ1) is 20.2. The minimum absolute atomic E-state index is 0.000293. The van der Waals surface area contributed by atoms with Crippen molar-refractivity contribution in [1.82, 2.24) is 29.3 Å². The number of hydrogen-bond acceptors (Lipinski definition) is 8. The van der Waals surface area contributed by atoms with Crippen LogP contribution in [0.2, 0.25) is 0 Å². The van der Waals surface area contributed by atoms with Crippen molar-refractivity contribution < 1.29 is 31.2 Å². The lowest BCUT2D eigenvalue weighted by atomic mass is 10.0. The molecule has 1 saturated carbocycles.